The van der Waals surface area contributed by atoms with Gasteiger partial charge in [-0.2, -0.15) is 0 Å². The molecule has 1 fully saturated rings. The number of piperidine rings is 1. The van der Waals surface area contributed by atoms with E-state index in [1.165, 1.54) is 11.2 Å². The number of hydrogen-bond donors (Lipinski definition) is 2. The summed E-state index contributed by atoms with van der Waals surface area (Å²) in [7, 11) is 3.57. The standard InChI is InChI=1S/C26H30N6O4/c1-4-35-22-12-16(25(33)32-10-5-6-17(27)15-32)7-8-18(22)29-23-13-20-21(14-28-23)31(3)26(34)24-19(30(20)2)9-11-36-24/h7-9,11-14,17H,4-6,10,15,27H2,1-3H3,(H,28,29). The smallest absolute Gasteiger partial charge is 0.296 e. The zero-order valence-corrected chi connectivity index (χ0v) is 20.7. The van der Waals surface area contributed by atoms with Crippen LogP contribution in [-0.4, -0.2) is 61.5 Å². The number of furan rings is 1. The summed E-state index contributed by atoms with van der Waals surface area (Å²) in [6, 6.07) is 9.01. The van der Waals surface area contributed by atoms with E-state index >= 15 is 0 Å². The number of ether oxygens (including phenoxy) is 1. The van der Waals surface area contributed by atoms with E-state index in [1.54, 1.807) is 36.3 Å². The van der Waals surface area contributed by atoms with Crippen LogP contribution in [0.15, 0.2) is 47.2 Å². The molecule has 10 nitrogen and oxygen atoms in total. The van der Waals surface area contributed by atoms with Gasteiger partial charge in [0.05, 0.1) is 41.8 Å². The number of benzene rings is 1. The van der Waals surface area contributed by atoms with Gasteiger partial charge < -0.3 is 34.9 Å². The average molecular weight is 491 g/mol. The van der Waals surface area contributed by atoms with Crippen LogP contribution in [0.1, 0.15) is 40.7 Å². The largest absolute Gasteiger partial charge is 0.492 e. The second-order valence-electron chi connectivity index (χ2n) is 9.04. The minimum atomic E-state index is -0.239. The second kappa shape index (κ2) is 9.54. The third-order valence-corrected chi connectivity index (χ3v) is 6.63. The lowest BCUT2D eigenvalue weighted by molar-refractivity contribution is 0.0708. The van der Waals surface area contributed by atoms with Gasteiger partial charge >= 0.3 is 0 Å². The molecule has 36 heavy (non-hydrogen) atoms. The highest BCUT2D eigenvalue weighted by Crippen LogP contribution is 2.41. The topological polar surface area (TPSA) is 117 Å². The highest BCUT2D eigenvalue weighted by Gasteiger charge is 2.30. The van der Waals surface area contributed by atoms with Crippen molar-refractivity contribution < 1.29 is 18.7 Å². The van der Waals surface area contributed by atoms with Crippen molar-refractivity contribution in [3.63, 3.8) is 0 Å². The molecule has 0 radical (unpaired) electrons. The lowest BCUT2D eigenvalue weighted by Crippen LogP contribution is -2.45. The van der Waals surface area contributed by atoms with Crippen LogP contribution in [0.25, 0.3) is 0 Å². The molecule has 2 aromatic heterocycles. The molecule has 2 aliphatic rings. The number of carbonyl (C=O) groups is 2. The minimum Gasteiger partial charge on any atom is -0.492 e. The Kier molecular flexibility index (Phi) is 6.27. The molecule has 0 bridgehead atoms. The van der Waals surface area contributed by atoms with E-state index in [0.29, 0.717) is 53.9 Å². The Bertz CT molecular complexity index is 1310. The molecule has 2 amide bonds. The van der Waals surface area contributed by atoms with Gasteiger partial charge in [-0.3, -0.25) is 9.59 Å². The van der Waals surface area contributed by atoms with Crippen molar-refractivity contribution in [1.29, 1.82) is 0 Å². The predicted octanol–water partition coefficient (Wildman–Crippen LogP) is 3.74. The summed E-state index contributed by atoms with van der Waals surface area (Å²) in [5.41, 5.74) is 9.43. The molecule has 3 aromatic rings. The summed E-state index contributed by atoms with van der Waals surface area (Å²) in [6.07, 6.45) is 5.00. The number of hydrogen-bond acceptors (Lipinski definition) is 8. The Labute approximate surface area is 209 Å². The van der Waals surface area contributed by atoms with Gasteiger partial charge in [-0.25, -0.2) is 4.98 Å². The van der Waals surface area contributed by atoms with Crippen LogP contribution in [0.2, 0.25) is 0 Å². The normalized spacial score (nSPS) is 17.4. The molecular formula is C26H30N6O4. The van der Waals surface area contributed by atoms with Crippen molar-refractivity contribution in [2.75, 3.05) is 48.9 Å². The Balaban J connectivity index is 1.44. The number of aromatic nitrogens is 1. The van der Waals surface area contributed by atoms with E-state index in [2.05, 4.69) is 10.3 Å². The van der Waals surface area contributed by atoms with Crippen molar-refractivity contribution in [3.8, 4) is 5.75 Å². The predicted molar refractivity (Wildman–Crippen MR) is 138 cm³/mol. The molecule has 1 saturated heterocycles. The van der Waals surface area contributed by atoms with Crippen LogP contribution in [0.3, 0.4) is 0 Å². The van der Waals surface area contributed by atoms with E-state index in [-0.39, 0.29) is 23.6 Å². The molecule has 0 saturated carbocycles. The third kappa shape index (κ3) is 4.24. The fourth-order valence-corrected chi connectivity index (χ4v) is 4.70. The molecule has 188 valence electrons. The Morgan fingerprint density at radius 3 is 2.81 bits per heavy atom. The number of fused-ring (bicyclic) bond motifs is 2. The van der Waals surface area contributed by atoms with Crippen molar-refractivity contribution in [2.45, 2.75) is 25.8 Å². The SMILES string of the molecule is CCOc1cc(C(=O)N2CCCC(N)C2)ccc1Nc1cc2c(cn1)N(C)C(=O)c1occc1N2C. The van der Waals surface area contributed by atoms with E-state index in [4.69, 9.17) is 14.9 Å². The van der Waals surface area contributed by atoms with Crippen molar-refractivity contribution in [3.05, 3.63) is 54.1 Å². The number of nitrogens with zero attached hydrogens (tertiary/aromatic N) is 4. The van der Waals surface area contributed by atoms with Crippen LogP contribution >= 0.6 is 0 Å². The summed E-state index contributed by atoms with van der Waals surface area (Å²) in [6.45, 7) is 3.60. The van der Waals surface area contributed by atoms with Crippen LogP contribution in [-0.2, 0) is 0 Å². The monoisotopic (exact) mass is 490 g/mol. The Hall–Kier alpha value is -4.05. The summed E-state index contributed by atoms with van der Waals surface area (Å²) >= 11 is 0. The zero-order valence-electron chi connectivity index (χ0n) is 20.7. The third-order valence-electron chi connectivity index (χ3n) is 6.63. The molecule has 5 rings (SSSR count). The quantitative estimate of drug-likeness (QED) is 0.556. The first-order chi connectivity index (χ1) is 17.4. The molecule has 1 unspecified atom stereocenters. The molecule has 0 spiro atoms. The van der Waals surface area contributed by atoms with Crippen LogP contribution in [0.5, 0.6) is 5.75 Å². The Morgan fingerprint density at radius 1 is 1.19 bits per heavy atom. The fraction of sp³-hybridized carbons (Fsp3) is 0.346. The molecule has 0 aliphatic carbocycles. The maximum Gasteiger partial charge on any atom is 0.296 e. The van der Waals surface area contributed by atoms with Gasteiger partial charge in [-0.15, -0.1) is 0 Å². The summed E-state index contributed by atoms with van der Waals surface area (Å²) < 4.78 is 11.3. The molecule has 10 heteroatoms. The van der Waals surface area contributed by atoms with Gasteiger partial charge in [0.15, 0.2) is 0 Å². The molecular weight excluding hydrogens is 460 g/mol. The van der Waals surface area contributed by atoms with Gasteiger partial charge in [0.25, 0.3) is 11.8 Å². The number of anilines is 5. The van der Waals surface area contributed by atoms with Crippen LogP contribution < -0.4 is 25.6 Å². The van der Waals surface area contributed by atoms with Crippen molar-refractivity contribution >= 4 is 40.4 Å². The average Bonchev–Trinajstić information content (AvgIpc) is 3.36. The summed E-state index contributed by atoms with van der Waals surface area (Å²) in [5.74, 6) is 1.11. The van der Waals surface area contributed by atoms with Gasteiger partial charge in [-0.1, -0.05) is 0 Å². The maximum absolute atomic E-state index is 13.1. The number of carbonyl (C=O) groups excluding carboxylic acids is 2. The zero-order chi connectivity index (χ0) is 25.4. The lowest BCUT2D eigenvalue weighted by Gasteiger charge is -2.31. The number of amides is 2. The summed E-state index contributed by atoms with van der Waals surface area (Å²) in [5, 5.41) is 3.31. The van der Waals surface area contributed by atoms with Gasteiger partial charge in [0, 0.05) is 50.9 Å². The summed E-state index contributed by atoms with van der Waals surface area (Å²) in [4.78, 5) is 35.7. The highest BCUT2D eigenvalue weighted by atomic mass is 16.5. The highest BCUT2D eigenvalue weighted by molar-refractivity contribution is 6.11. The number of rotatable bonds is 5. The molecule has 3 N–H and O–H groups in total. The number of nitrogens with two attached hydrogens (primary N) is 1. The van der Waals surface area contributed by atoms with Gasteiger partial charge in [0.2, 0.25) is 5.76 Å². The first-order valence-electron chi connectivity index (χ1n) is 12.1. The van der Waals surface area contributed by atoms with Crippen LogP contribution in [0, 0.1) is 0 Å². The first kappa shape index (κ1) is 23.7. The number of likely N-dealkylation sites (tertiary alicyclic amines) is 1. The maximum atomic E-state index is 13.1. The number of pyridine rings is 1. The van der Waals surface area contributed by atoms with Crippen molar-refractivity contribution in [1.82, 2.24) is 9.88 Å². The van der Waals surface area contributed by atoms with Gasteiger partial charge in [-0.05, 0) is 38.0 Å². The van der Waals surface area contributed by atoms with E-state index in [1.807, 2.05) is 31.0 Å². The van der Waals surface area contributed by atoms with E-state index in [9.17, 15) is 9.59 Å². The molecule has 1 atom stereocenters. The molecule has 2 aliphatic heterocycles. The van der Waals surface area contributed by atoms with E-state index < -0.39 is 0 Å². The molecule has 4 heterocycles. The van der Waals surface area contributed by atoms with Gasteiger partial charge in [0.1, 0.15) is 11.6 Å². The molecule has 1 aromatic carbocycles. The van der Waals surface area contributed by atoms with Crippen LogP contribution in [0.4, 0.5) is 28.6 Å². The second-order valence-corrected chi connectivity index (χ2v) is 9.04. The first-order valence-corrected chi connectivity index (χ1v) is 12.1. The fourth-order valence-electron chi connectivity index (χ4n) is 4.70. The van der Waals surface area contributed by atoms with Crippen molar-refractivity contribution in [2.24, 2.45) is 5.73 Å². The number of nitrogens with one attached hydrogen (secondary N) is 1. The minimum absolute atomic E-state index is 0.0138. The lowest BCUT2D eigenvalue weighted by atomic mass is 10.0. The van der Waals surface area contributed by atoms with E-state index in [0.717, 1.165) is 18.5 Å². The Morgan fingerprint density at radius 2 is 2.03 bits per heavy atom.